The van der Waals surface area contributed by atoms with Crippen LogP contribution >= 0.6 is 0 Å². The first-order valence-electron chi connectivity index (χ1n) is 6.13. The average Bonchev–Trinajstić information content (AvgIpc) is 2.40. The number of hydrogen-bond acceptors (Lipinski definition) is 11. The average molecular weight is 478 g/mol. The van der Waals surface area contributed by atoms with Crippen LogP contribution in [0.3, 0.4) is 0 Å². The van der Waals surface area contributed by atoms with Gasteiger partial charge in [-0.15, -0.1) is 6.58 Å². The van der Waals surface area contributed by atoms with Gasteiger partial charge in [0.15, 0.2) is 12.6 Å². The summed E-state index contributed by atoms with van der Waals surface area (Å²) < 4.78 is 43.7. The van der Waals surface area contributed by atoms with E-state index in [9.17, 15) is 4.79 Å². The second kappa shape index (κ2) is 17.2. The van der Waals surface area contributed by atoms with Crippen LogP contribution < -0.4 is 63.4 Å². The van der Waals surface area contributed by atoms with Crippen molar-refractivity contribution >= 4 is 6.29 Å². The first-order chi connectivity index (χ1) is 10.5. The number of aliphatic hydroxyl groups is 4. The molecule has 0 bridgehead atoms. The van der Waals surface area contributed by atoms with Gasteiger partial charge in [0, 0.05) is 6.42 Å². The summed E-state index contributed by atoms with van der Waals surface area (Å²) in [6.07, 6.45) is -1.33. The van der Waals surface area contributed by atoms with Gasteiger partial charge in [0.2, 0.25) is 0 Å². The molecule has 138 valence electrons. The van der Waals surface area contributed by atoms with Crippen molar-refractivity contribution in [2.45, 2.75) is 37.6 Å². The van der Waals surface area contributed by atoms with Crippen molar-refractivity contribution < 1.29 is 98.1 Å². The minimum Gasteiger partial charge on any atom is -0.390 e. The van der Waals surface area contributed by atoms with Crippen LogP contribution in [-0.4, -0.2) is 64.7 Å². The van der Waals surface area contributed by atoms with Crippen LogP contribution in [0.15, 0.2) is 12.7 Å². The summed E-state index contributed by atoms with van der Waals surface area (Å²) in [5, 5.41) is 35.1. The molecule has 1 rings (SSSR count). The number of halogens is 1. The van der Waals surface area contributed by atoms with Gasteiger partial charge in [0.25, 0.3) is 0 Å². The quantitative estimate of drug-likeness (QED) is 0.0959. The van der Waals surface area contributed by atoms with Crippen molar-refractivity contribution in [1.82, 2.24) is 0 Å². The molecular formula is C11H20INaO11. The zero-order valence-corrected chi connectivity index (χ0v) is 17.2. The monoisotopic (exact) mass is 478 g/mol. The fourth-order valence-electron chi connectivity index (χ4n) is 1.08. The maximum absolute atomic E-state index is 9.71. The largest absolute Gasteiger partial charge is 1.00 e. The minimum atomic E-state index is -5.94. The summed E-state index contributed by atoms with van der Waals surface area (Å²) in [7, 11) is 0. The molecule has 1 aliphatic heterocycles. The summed E-state index contributed by atoms with van der Waals surface area (Å²) in [6, 6.07) is 0. The van der Waals surface area contributed by atoms with E-state index in [0.29, 0.717) is 6.29 Å². The molecule has 0 aliphatic carbocycles. The van der Waals surface area contributed by atoms with E-state index in [1.54, 1.807) is 0 Å². The SMILES string of the molecule is C=CCO[C@@H](O)CC=O.O[C@@H]1CO[C@@H](O)C[C@@H]1O.[Na+].[O-][I+3]([O-])([O-])[O-]. The fourth-order valence-corrected chi connectivity index (χ4v) is 1.08. The first kappa shape index (κ1) is 29.5. The minimum absolute atomic E-state index is 0. The maximum atomic E-state index is 9.71. The Morgan fingerprint density at radius 3 is 2.08 bits per heavy atom. The topological polar surface area (TPSA) is 209 Å². The molecule has 0 radical (unpaired) electrons. The molecule has 1 fully saturated rings. The Kier molecular flexibility index (Phi) is 21.1. The fraction of sp³-hybridized carbons (Fsp3) is 0.727. The zero-order valence-electron chi connectivity index (χ0n) is 13.0. The van der Waals surface area contributed by atoms with Crippen molar-refractivity contribution in [3.05, 3.63) is 12.7 Å². The van der Waals surface area contributed by atoms with E-state index < -0.39 is 44.9 Å². The zero-order chi connectivity index (χ0) is 18.5. The second-order valence-electron chi connectivity index (χ2n) is 4.02. The van der Waals surface area contributed by atoms with E-state index in [1.807, 2.05) is 0 Å². The Morgan fingerprint density at radius 2 is 1.75 bits per heavy atom. The van der Waals surface area contributed by atoms with Crippen LogP contribution in [0.25, 0.3) is 0 Å². The number of ether oxygens (including phenoxy) is 2. The predicted octanol–water partition coefficient (Wildman–Crippen LogP) is -12.2. The Bertz CT molecular complexity index is 309. The van der Waals surface area contributed by atoms with Crippen LogP contribution in [0.2, 0.25) is 0 Å². The molecular weight excluding hydrogens is 458 g/mol. The molecule has 0 aromatic carbocycles. The molecule has 1 aliphatic rings. The molecule has 0 aromatic heterocycles. The summed E-state index contributed by atoms with van der Waals surface area (Å²) in [4.78, 5) is 9.71. The molecule has 0 unspecified atom stereocenters. The number of aldehydes is 1. The van der Waals surface area contributed by atoms with E-state index >= 15 is 0 Å². The Balaban J connectivity index is -0.000000282. The van der Waals surface area contributed by atoms with Crippen molar-refractivity contribution in [2.24, 2.45) is 0 Å². The van der Waals surface area contributed by atoms with Crippen molar-refractivity contribution in [1.29, 1.82) is 0 Å². The molecule has 0 saturated carbocycles. The second-order valence-corrected chi connectivity index (χ2v) is 6.17. The Morgan fingerprint density at radius 1 is 1.25 bits per heavy atom. The molecule has 1 saturated heterocycles. The number of aliphatic hydroxyl groups excluding tert-OH is 4. The van der Waals surface area contributed by atoms with Crippen molar-refractivity contribution in [3.63, 3.8) is 0 Å². The Labute approximate surface area is 167 Å². The van der Waals surface area contributed by atoms with Crippen LogP contribution in [0.4, 0.5) is 0 Å². The summed E-state index contributed by atoms with van der Waals surface area (Å²) in [6.45, 7) is 3.66. The van der Waals surface area contributed by atoms with Gasteiger partial charge in [-0.1, -0.05) is 6.08 Å². The number of carbonyl (C=O) groups excluding carboxylic acids is 1. The third-order valence-electron chi connectivity index (χ3n) is 2.05. The smallest absolute Gasteiger partial charge is 0.390 e. The predicted molar refractivity (Wildman–Crippen MR) is 61.4 cm³/mol. The summed E-state index contributed by atoms with van der Waals surface area (Å²) in [5.41, 5.74) is 0. The van der Waals surface area contributed by atoms with E-state index in [4.69, 9.17) is 34.2 Å². The van der Waals surface area contributed by atoms with Gasteiger partial charge in [0.1, 0.15) is 32.5 Å². The van der Waals surface area contributed by atoms with Crippen molar-refractivity contribution in [3.8, 4) is 0 Å². The van der Waals surface area contributed by atoms with E-state index in [2.05, 4.69) is 16.1 Å². The van der Waals surface area contributed by atoms with Crippen LogP contribution in [0.5, 0.6) is 0 Å². The molecule has 11 nitrogen and oxygen atoms in total. The summed E-state index contributed by atoms with van der Waals surface area (Å²) in [5.74, 6) is 0. The molecule has 13 heteroatoms. The maximum Gasteiger partial charge on any atom is 1.00 e. The number of hydrogen-bond donors (Lipinski definition) is 4. The van der Waals surface area contributed by atoms with E-state index in [-0.39, 0.29) is 55.6 Å². The number of rotatable bonds is 5. The van der Waals surface area contributed by atoms with Crippen molar-refractivity contribution in [2.75, 3.05) is 13.2 Å². The number of carbonyl (C=O) groups is 1. The van der Waals surface area contributed by atoms with Gasteiger partial charge in [-0.2, -0.15) is 0 Å². The first-order valence-corrected chi connectivity index (χ1v) is 9.65. The standard InChI is InChI=1S/C6H10O3.C5H10O4.IO4.Na/c1-2-5-9-6(8)3-4-7;6-3-1-5(8)9-2-4(3)7;2-1(3,4)5;/h2,4,6,8H,1,3,5H2;3-8H,1-2H2;;/q;;-1;+1/t6-;3-,4+,5+;;/m10../s1. The Hall–Kier alpha value is 0.740. The molecule has 4 N–H and O–H groups in total. The van der Waals surface area contributed by atoms with Gasteiger partial charge in [-0.25, -0.2) is 0 Å². The normalized spacial score (nSPS) is 24.1. The third-order valence-corrected chi connectivity index (χ3v) is 2.05. The molecule has 4 atom stereocenters. The third kappa shape index (κ3) is 25.0. The molecule has 0 aromatic rings. The molecule has 0 amide bonds. The van der Waals surface area contributed by atoms with Crippen LogP contribution in [0.1, 0.15) is 12.8 Å². The van der Waals surface area contributed by atoms with Crippen LogP contribution in [-0.2, 0) is 14.3 Å². The van der Waals surface area contributed by atoms with Gasteiger partial charge in [0.05, 0.1) is 25.7 Å². The van der Waals surface area contributed by atoms with Gasteiger partial charge < -0.3 is 34.7 Å². The van der Waals surface area contributed by atoms with Gasteiger partial charge in [-0.05, 0) is 0 Å². The van der Waals surface area contributed by atoms with E-state index in [1.165, 1.54) is 6.08 Å². The van der Waals surface area contributed by atoms with Crippen LogP contribution in [0, 0.1) is 0 Å². The van der Waals surface area contributed by atoms with Gasteiger partial charge in [-0.3, -0.25) is 13.7 Å². The van der Waals surface area contributed by atoms with E-state index in [0.717, 1.165) is 0 Å². The van der Waals surface area contributed by atoms with Gasteiger partial charge >= 0.3 is 29.6 Å². The molecule has 0 spiro atoms. The summed E-state index contributed by atoms with van der Waals surface area (Å²) >= 11 is -5.94. The molecule has 1 heterocycles. The molecule has 24 heavy (non-hydrogen) atoms.